The maximum atomic E-state index is 13.4. The van der Waals surface area contributed by atoms with E-state index in [1.807, 2.05) is 52.0 Å². The third kappa shape index (κ3) is 6.77. The highest BCUT2D eigenvalue weighted by atomic mass is 32.2. The number of aryl methyl sites for hydroxylation is 4. The fraction of sp³-hybridized carbons (Fsp3) is 0.325. The van der Waals surface area contributed by atoms with Gasteiger partial charge >= 0.3 is 6.09 Å². The zero-order chi connectivity index (χ0) is 41.3. The van der Waals surface area contributed by atoms with Crippen LogP contribution >= 0.6 is 22.7 Å². The van der Waals surface area contributed by atoms with E-state index in [2.05, 4.69) is 31.0 Å². The molecule has 4 aromatic heterocycles. The first-order valence-electron chi connectivity index (χ1n) is 18.5. The van der Waals surface area contributed by atoms with Crippen molar-refractivity contribution in [2.24, 2.45) is 5.92 Å². The first kappa shape index (κ1) is 39.1. The molecular weight excluding hydrogens is 799 g/mol. The van der Waals surface area contributed by atoms with Crippen molar-refractivity contribution >= 4 is 82.2 Å². The molecule has 1 saturated heterocycles. The van der Waals surface area contributed by atoms with Crippen LogP contribution < -0.4 is 26.8 Å². The molecule has 2 fully saturated rings. The highest BCUT2D eigenvalue weighted by molar-refractivity contribution is 7.92. The molecule has 1 aliphatic carbocycles. The van der Waals surface area contributed by atoms with Crippen molar-refractivity contribution in [1.82, 2.24) is 35.9 Å². The third-order valence-corrected chi connectivity index (χ3v) is 15.6. The summed E-state index contributed by atoms with van der Waals surface area (Å²) in [5.41, 5.74) is 18.9. The lowest BCUT2D eigenvalue weighted by Crippen LogP contribution is -2.61. The Bertz CT molecular complexity index is 2780. The molecule has 5 heterocycles. The molecule has 0 radical (unpaired) electrons. The zero-order valence-electron chi connectivity index (χ0n) is 32.4. The molecule has 1 aliphatic heterocycles. The summed E-state index contributed by atoms with van der Waals surface area (Å²) in [6, 6.07) is 14.1. The fourth-order valence-electron chi connectivity index (χ4n) is 7.72. The Kier molecular flexibility index (Phi) is 9.84. The molecule has 58 heavy (non-hydrogen) atoms. The number of rotatable bonds is 10. The monoisotopic (exact) mass is 839 g/mol. The number of sulfone groups is 1. The van der Waals surface area contributed by atoms with Crippen LogP contribution in [-0.2, 0) is 27.5 Å². The minimum Gasteiger partial charge on any atom is -0.410 e. The Morgan fingerprint density at radius 2 is 1.41 bits per heavy atom. The van der Waals surface area contributed by atoms with E-state index >= 15 is 0 Å². The Labute approximate surface area is 342 Å². The van der Waals surface area contributed by atoms with Gasteiger partial charge < -0.3 is 31.7 Å². The van der Waals surface area contributed by atoms with Gasteiger partial charge in [0.25, 0.3) is 11.8 Å². The topological polar surface area (TPSA) is 225 Å². The molecule has 300 valence electrons. The van der Waals surface area contributed by atoms with E-state index in [1.165, 1.54) is 33.8 Å². The number of nitrogen functional groups attached to an aromatic ring is 2. The summed E-state index contributed by atoms with van der Waals surface area (Å²) < 4.78 is 31.5. The summed E-state index contributed by atoms with van der Waals surface area (Å²) in [4.78, 5) is 42.9. The van der Waals surface area contributed by atoms with Crippen LogP contribution in [0.25, 0.3) is 20.4 Å². The van der Waals surface area contributed by atoms with Crippen LogP contribution in [0, 0.1) is 33.6 Å². The molecule has 0 spiro atoms. The molecule has 1 saturated carbocycles. The van der Waals surface area contributed by atoms with Crippen LogP contribution in [0.4, 0.5) is 16.2 Å². The molecule has 8 rings (SSSR count). The molecule has 6 N–H and O–H groups in total. The Hall–Kier alpha value is -5.72. The van der Waals surface area contributed by atoms with Crippen molar-refractivity contribution in [1.29, 1.82) is 0 Å². The molecule has 6 aromatic rings. The van der Waals surface area contributed by atoms with E-state index in [0.29, 0.717) is 60.5 Å². The van der Waals surface area contributed by atoms with Gasteiger partial charge in [-0.2, -0.15) is 10.2 Å². The van der Waals surface area contributed by atoms with Crippen LogP contribution in [0.5, 0.6) is 5.75 Å². The predicted octanol–water partition coefficient (Wildman–Crippen LogP) is 5.14. The number of fused-ring (bicyclic) bond motifs is 2. The molecule has 2 aromatic carbocycles. The van der Waals surface area contributed by atoms with Crippen molar-refractivity contribution in [3.8, 4) is 5.75 Å². The number of aromatic nitrogens is 4. The Morgan fingerprint density at radius 1 is 0.845 bits per heavy atom. The summed E-state index contributed by atoms with van der Waals surface area (Å²) >= 11 is 2.37. The first-order valence-corrected chi connectivity index (χ1v) is 22.1. The zero-order valence-corrected chi connectivity index (χ0v) is 34.8. The highest BCUT2D eigenvalue weighted by Crippen LogP contribution is 2.59. The number of benzene rings is 2. The number of carbonyl (C=O) groups excluding carboxylic acids is 3. The number of ether oxygens (including phenoxy) is 1. The molecule has 18 heteroatoms. The van der Waals surface area contributed by atoms with E-state index in [9.17, 15) is 22.8 Å². The molecule has 2 unspecified atom stereocenters. The molecule has 15 nitrogen and oxygen atoms in total. The van der Waals surface area contributed by atoms with Gasteiger partial charge in [-0.15, -0.1) is 32.9 Å². The number of nitrogens with zero attached hydrogens (tertiary/aromatic N) is 5. The number of nitrogens with two attached hydrogens (primary N) is 2. The number of hydrogen-bond donors (Lipinski definition) is 4. The van der Waals surface area contributed by atoms with Gasteiger partial charge in [0, 0.05) is 36.7 Å². The van der Waals surface area contributed by atoms with E-state index in [0.717, 1.165) is 38.9 Å². The molecule has 2 atom stereocenters. The second-order valence-electron chi connectivity index (χ2n) is 15.1. The lowest BCUT2D eigenvalue weighted by atomic mass is 10.0. The minimum absolute atomic E-state index is 0.213. The van der Waals surface area contributed by atoms with Gasteiger partial charge in [0.05, 0.1) is 28.8 Å². The number of para-hydroxylation sites is 1. The maximum absolute atomic E-state index is 13.4. The van der Waals surface area contributed by atoms with Crippen molar-refractivity contribution in [2.75, 3.05) is 30.8 Å². The number of hydrogen-bond acceptors (Lipinski definition) is 14. The van der Waals surface area contributed by atoms with Gasteiger partial charge in [-0.05, 0) is 80.3 Å². The quantitative estimate of drug-likeness (QED) is 0.141. The second kappa shape index (κ2) is 14.6. The molecule has 3 amide bonds. The van der Waals surface area contributed by atoms with Gasteiger partial charge in [0.2, 0.25) is 0 Å². The van der Waals surface area contributed by atoms with Gasteiger partial charge in [-0.25, -0.2) is 13.2 Å². The third-order valence-electron chi connectivity index (χ3n) is 11.4. The van der Waals surface area contributed by atoms with Crippen molar-refractivity contribution in [3.63, 3.8) is 0 Å². The average Bonchev–Trinajstić information content (AvgIpc) is 3.67. The molecule has 2 aliphatic rings. The lowest BCUT2D eigenvalue weighted by Gasteiger charge is -2.38. The van der Waals surface area contributed by atoms with Gasteiger partial charge in [0.1, 0.15) is 29.9 Å². The lowest BCUT2D eigenvalue weighted by molar-refractivity contribution is 0.0791. The SMILES string of the molecule is Cc1nnc2sc(C(=O)NCc3ccc(C4(S(C)(=O)=O)CC4Cc4ccccc4OC(=O)N4CC(NC(=O)c5sc6nnc(C)c(C)c6c5N)C4)cc3)c(N)c2c1C. The summed E-state index contributed by atoms with van der Waals surface area (Å²) in [6.07, 6.45) is 1.45. The predicted molar refractivity (Wildman–Crippen MR) is 224 cm³/mol. The fourth-order valence-corrected chi connectivity index (χ4v) is 11.5. The smallest absolute Gasteiger partial charge is 0.410 e. The van der Waals surface area contributed by atoms with E-state index < -0.39 is 20.7 Å². The van der Waals surface area contributed by atoms with E-state index in [1.54, 1.807) is 24.3 Å². The van der Waals surface area contributed by atoms with Crippen LogP contribution in [0.2, 0.25) is 0 Å². The standard InChI is InChI=1S/C40H41N9O6S3/c1-19-21(3)45-47-37-29(19)31(41)33(56-37)35(50)43-16-23-10-12-25(13-11-23)40(58(5,53)54)15-26(40)14-24-8-6-7-9-28(24)55-39(52)49-17-27(18-49)44-36(51)34-32(42)30-20(2)22(4)46-48-38(30)57-34/h6-13,26-27H,14-18,41-42H2,1-5H3,(H,43,50)(H,44,51). The number of carbonyl (C=O) groups is 3. The van der Waals surface area contributed by atoms with Crippen molar-refractivity contribution in [2.45, 2.75) is 57.9 Å². The highest BCUT2D eigenvalue weighted by Gasteiger charge is 2.62. The molecular formula is C40H41N9O6S3. The van der Waals surface area contributed by atoms with Crippen LogP contribution in [-0.4, -0.2) is 77.0 Å². The van der Waals surface area contributed by atoms with Gasteiger partial charge in [0.15, 0.2) is 9.84 Å². The van der Waals surface area contributed by atoms with Crippen molar-refractivity contribution < 1.29 is 27.5 Å². The summed E-state index contributed by atoms with van der Waals surface area (Å²) in [6.45, 7) is 8.19. The van der Waals surface area contributed by atoms with Crippen LogP contribution in [0.1, 0.15) is 65.0 Å². The average molecular weight is 840 g/mol. The second-order valence-corrected chi connectivity index (χ2v) is 19.3. The summed E-state index contributed by atoms with van der Waals surface area (Å²) in [5, 5.41) is 24.0. The van der Waals surface area contributed by atoms with Crippen molar-refractivity contribution in [3.05, 3.63) is 97.5 Å². The van der Waals surface area contributed by atoms with Gasteiger partial charge in [-0.3, -0.25) is 9.59 Å². The van der Waals surface area contributed by atoms with Crippen LogP contribution in [0.15, 0.2) is 48.5 Å². The summed E-state index contributed by atoms with van der Waals surface area (Å²) in [7, 11) is -3.56. The summed E-state index contributed by atoms with van der Waals surface area (Å²) in [5.74, 6) is -0.577. The number of nitrogens with one attached hydrogen (secondary N) is 2. The first-order chi connectivity index (χ1) is 27.6. The largest absolute Gasteiger partial charge is 0.415 e. The number of amides is 3. The Balaban J connectivity index is 0.883. The van der Waals surface area contributed by atoms with Crippen LogP contribution in [0.3, 0.4) is 0 Å². The number of thiophene rings is 2. The molecule has 0 bridgehead atoms. The minimum atomic E-state index is -3.56. The van der Waals surface area contributed by atoms with Gasteiger partial charge in [-0.1, -0.05) is 42.5 Å². The Morgan fingerprint density at radius 3 is 2.00 bits per heavy atom. The van der Waals surface area contributed by atoms with E-state index in [4.69, 9.17) is 16.2 Å². The number of likely N-dealkylation sites (tertiary alicyclic amines) is 1. The normalized spacial score (nSPS) is 17.9. The van der Waals surface area contributed by atoms with E-state index in [-0.39, 0.29) is 43.4 Å². The maximum Gasteiger partial charge on any atom is 0.415 e. The number of anilines is 2.